The van der Waals surface area contributed by atoms with Crippen molar-refractivity contribution < 1.29 is 9.13 Å². The number of hydrogen-bond donors (Lipinski definition) is 1. The van der Waals surface area contributed by atoms with Gasteiger partial charge in [0.25, 0.3) is 0 Å². The van der Waals surface area contributed by atoms with Crippen LogP contribution in [-0.4, -0.2) is 14.2 Å². The molecular weight excluding hydrogens is 277 g/mol. The fourth-order valence-corrected chi connectivity index (χ4v) is 2.40. The molecule has 1 N–H and O–H groups in total. The van der Waals surface area contributed by atoms with Crippen LogP contribution < -0.4 is 10.1 Å². The zero-order valence-corrected chi connectivity index (χ0v) is 12.2. The van der Waals surface area contributed by atoms with Gasteiger partial charge in [-0.1, -0.05) is 23.7 Å². The smallest absolute Gasteiger partial charge is 0.123 e. The van der Waals surface area contributed by atoms with Crippen molar-refractivity contribution in [3.05, 3.63) is 64.4 Å². The summed E-state index contributed by atoms with van der Waals surface area (Å²) in [6, 6.07) is 12.1. The maximum absolute atomic E-state index is 13.0. The molecular formula is C16H17ClFNO. The molecule has 0 fully saturated rings. The Kier molecular flexibility index (Phi) is 4.99. The highest BCUT2D eigenvalue weighted by Crippen LogP contribution is 2.27. The lowest BCUT2D eigenvalue weighted by Gasteiger charge is -2.18. The number of benzene rings is 2. The minimum atomic E-state index is -0.232. The molecule has 0 bridgehead atoms. The number of ether oxygens (including phenoxy) is 1. The van der Waals surface area contributed by atoms with E-state index >= 15 is 0 Å². The van der Waals surface area contributed by atoms with E-state index in [0.717, 1.165) is 16.9 Å². The van der Waals surface area contributed by atoms with Gasteiger partial charge in [-0.25, -0.2) is 4.39 Å². The highest BCUT2D eigenvalue weighted by atomic mass is 35.5. The molecule has 20 heavy (non-hydrogen) atoms. The van der Waals surface area contributed by atoms with Gasteiger partial charge in [0.1, 0.15) is 11.6 Å². The van der Waals surface area contributed by atoms with Crippen molar-refractivity contribution in [2.45, 2.75) is 12.5 Å². The number of halogens is 2. The lowest BCUT2D eigenvalue weighted by Crippen LogP contribution is -2.19. The van der Waals surface area contributed by atoms with Crippen LogP contribution in [-0.2, 0) is 6.42 Å². The summed E-state index contributed by atoms with van der Waals surface area (Å²) in [6.07, 6.45) is 0.714. The molecule has 0 heterocycles. The van der Waals surface area contributed by atoms with Crippen LogP contribution in [0.2, 0.25) is 5.02 Å². The van der Waals surface area contributed by atoms with Crippen LogP contribution in [0.1, 0.15) is 17.2 Å². The molecule has 0 aliphatic rings. The third kappa shape index (κ3) is 3.50. The van der Waals surface area contributed by atoms with Gasteiger partial charge in [0, 0.05) is 11.1 Å². The third-order valence-corrected chi connectivity index (χ3v) is 3.52. The van der Waals surface area contributed by atoms with E-state index in [2.05, 4.69) is 5.32 Å². The van der Waals surface area contributed by atoms with Gasteiger partial charge in [0.05, 0.1) is 7.11 Å². The molecule has 2 aromatic rings. The van der Waals surface area contributed by atoms with Crippen LogP contribution in [0.5, 0.6) is 5.75 Å². The van der Waals surface area contributed by atoms with E-state index in [9.17, 15) is 4.39 Å². The van der Waals surface area contributed by atoms with Crippen molar-refractivity contribution in [3.63, 3.8) is 0 Å². The molecule has 1 unspecified atom stereocenters. The first-order valence-electron chi connectivity index (χ1n) is 6.39. The van der Waals surface area contributed by atoms with Gasteiger partial charge in [-0.3, -0.25) is 0 Å². The van der Waals surface area contributed by atoms with Crippen molar-refractivity contribution in [2.24, 2.45) is 0 Å². The average molecular weight is 294 g/mol. The van der Waals surface area contributed by atoms with E-state index in [1.807, 2.05) is 19.2 Å². The Morgan fingerprint density at radius 2 is 1.90 bits per heavy atom. The summed E-state index contributed by atoms with van der Waals surface area (Å²) < 4.78 is 18.3. The van der Waals surface area contributed by atoms with E-state index in [0.29, 0.717) is 11.4 Å². The third-order valence-electron chi connectivity index (χ3n) is 3.29. The molecule has 2 rings (SSSR count). The number of rotatable bonds is 5. The molecule has 0 aromatic heterocycles. The van der Waals surface area contributed by atoms with Crippen molar-refractivity contribution in [1.82, 2.24) is 5.32 Å². The summed E-state index contributed by atoms with van der Waals surface area (Å²) in [6.45, 7) is 0. The zero-order chi connectivity index (χ0) is 14.5. The van der Waals surface area contributed by atoms with E-state index in [-0.39, 0.29) is 11.9 Å². The molecule has 0 saturated heterocycles. The van der Waals surface area contributed by atoms with E-state index in [4.69, 9.17) is 16.3 Å². The molecule has 0 spiro atoms. The summed E-state index contributed by atoms with van der Waals surface area (Å²) in [5, 5.41) is 3.91. The van der Waals surface area contributed by atoms with Crippen molar-refractivity contribution >= 4 is 11.6 Å². The van der Waals surface area contributed by atoms with Gasteiger partial charge in [0.15, 0.2) is 0 Å². The number of likely N-dealkylation sites (N-methyl/N-ethyl adjacent to an activating group) is 1. The van der Waals surface area contributed by atoms with Gasteiger partial charge >= 0.3 is 0 Å². The predicted octanol–water partition coefficient (Wildman–Crippen LogP) is 3.99. The van der Waals surface area contributed by atoms with Crippen molar-refractivity contribution in [3.8, 4) is 5.75 Å². The second-order valence-corrected chi connectivity index (χ2v) is 4.99. The monoisotopic (exact) mass is 293 g/mol. The number of methoxy groups -OCH3 is 1. The Labute approximate surface area is 123 Å². The van der Waals surface area contributed by atoms with E-state index in [1.165, 1.54) is 12.1 Å². The van der Waals surface area contributed by atoms with Crippen LogP contribution in [0, 0.1) is 5.82 Å². The first kappa shape index (κ1) is 14.8. The fourth-order valence-electron chi connectivity index (χ4n) is 2.21. The largest absolute Gasteiger partial charge is 0.496 e. The minimum Gasteiger partial charge on any atom is -0.496 e. The fraction of sp³-hybridized carbons (Fsp3) is 0.250. The molecule has 0 aliphatic carbocycles. The Balaban J connectivity index is 2.26. The SMILES string of the molecule is CNC(Cc1cc(Cl)ccc1OC)c1ccc(F)cc1. The van der Waals surface area contributed by atoms with Gasteiger partial charge in [-0.2, -0.15) is 0 Å². The lowest BCUT2D eigenvalue weighted by molar-refractivity contribution is 0.406. The Morgan fingerprint density at radius 3 is 2.50 bits per heavy atom. The van der Waals surface area contributed by atoms with Crippen LogP contribution >= 0.6 is 11.6 Å². The molecule has 4 heteroatoms. The molecule has 106 valence electrons. The van der Waals surface area contributed by atoms with Gasteiger partial charge in [-0.05, 0) is 54.9 Å². The lowest BCUT2D eigenvalue weighted by atomic mass is 9.98. The second kappa shape index (κ2) is 6.73. The first-order chi connectivity index (χ1) is 9.63. The Morgan fingerprint density at radius 1 is 1.20 bits per heavy atom. The van der Waals surface area contributed by atoms with Crippen molar-refractivity contribution in [1.29, 1.82) is 0 Å². The quantitative estimate of drug-likeness (QED) is 0.900. The van der Waals surface area contributed by atoms with Crippen molar-refractivity contribution in [2.75, 3.05) is 14.2 Å². The summed E-state index contributed by atoms with van der Waals surface area (Å²) in [5.41, 5.74) is 2.04. The Bertz CT molecular complexity index is 571. The number of nitrogens with one attached hydrogen (secondary N) is 1. The molecule has 0 saturated carbocycles. The van der Waals surface area contributed by atoms with Gasteiger partial charge in [-0.15, -0.1) is 0 Å². The first-order valence-corrected chi connectivity index (χ1v) is 6.77. The Hall–Kier alpha value is -1.58. The highest BCUT2D eigenvalue weighted by Gasteiger charge is 2.13. The summed E-state index contributed by atoms with van der Waals surface area (Å²) in [7, 11) is 3.52. The molecule has 1 atom stereocenters. The van der Waals surface area contributed by atoms with Gasteiger partial charge < -0.3 is 10.1 Å². The standard InChI is InChI=1S/C16H17ClFNO/c1-19-15(11-3-6-14(18)7-4-11)10-12-9-13(17)5-8-16(12)20-2/h3-9,15,19H,10H2,1-2H3. The minimum absolute atomic E-state index is 0.0722. The zero-order valence-electron chi connectivity index (χ0n) is 11.5. The molecule has 0 radical (unpaired) electrons. The second-order valence-electron chi connectivity index (χ2n) is 4.55. The van der Waals surface area contributed by atoms with Crippen LogP contribution in [0.4, 0.5) is 4.39 Å². The predicted molar refractivity (Wildman–Crippen MR) is 79.9 cm³/mol. The molecule has 2 nitrogen and oxygen atoms in total. The van der Waals surface area contributed by atoms with Gasteiger partial charge in [0.2, 0.25) is 0 Å². The molecule has 0 amide bonds. The normalized spacial score (nSPS) is 12.2. The average Bonchev–Trinajstić information content (AvgIpc) is 2.46. The van der Waals surface area contributed by atoms with Crippen LogP contribution in [0.3, 0.4) is 0 Å². The highest BCUT2D eigenvalue weighted by molar-refractivity contribution is 6.30. The van der Waals surface area contributed by atoms with Crippen LogP contribution in [0.15, 0.2) is 42.5 Å². The van der Waals surface area contributed by atoms with Crippen LogP contribution in [0.25, 0.3) is 0 Å². The molecule has 2 aromatic carbocycles. The maximum Gasteiger partial charge on any atom is 0.123 e. The van der Waals surface area contributed by atoms with E-state index in [1.54, 1.807) is 25.3 Å². The summed E-state index contributed by atoms with van der Waals surface area (Å²) in [4.78, 5) is 0. The maximum atomic E-state index is 13.0. The van der Waals surface area contributed by atoms with E-state index < -0.39 is 0 Å². The molecule has 0 aliphatic heterocycles. The number of hydrogen-bond acceptors (Lipinski definition) is 2. The summed E-state index contributed by atoms with van der Waals surface area (Å²) >= 11 is 6.04. The summed E-state index contributed by atoms with van der Waals surface area (Å²) in [5.74, 6) is 0.570. The topological polar surface area (TPSA) is 21.3 Å².